The largest absolute Gasteiger partial charge is 0.493 e. The summed E-state index contributed by atoms with van der Waals surface area (Å²) in [6, 6.07) is 13.9. The molecule has 6 rings (SSSR count). The lowest BCUT2D eigenvalue weighted by Crippen LogP contribution is -2.49. The SMILES string of the molecule is CN1CCN2c3c(cc(C#N)cc31)C1CN(CCCc3cccc4c3OCC4)CCC12. The summed E-state index contributed by atoms with van der Waals surface area (Å²) in [5.74, 6) is 1.67. The second-order valence-electron chi connectivity index (χ2n) is 9.53. The number of hydrogen-bond donors (Lipinski definition) is 0. The number of piperidine rings is 1. The van der Waals surface area contributed by atoms with Crippen molar-refractivity contribution in [2.24, 2.45) is 0 Å². The van der Waals surface area contributed by atoms with E-state index in [1.807, 2.05) is 0 Å². The van der Waals surface area contributed by atoms with Crippen molar-refractivity contribution in [1.82, 2.24) is 4.90 Å². The molecule has 160 valence electrons. The predicted octanol–water partition coefficient (Wildman–Crippen LogP) is 3.55. The molecule has 0 amide bonds. The average Bonchev–Trinajstić information content (AvgIpc) is 3.40. The third-order valence-corrected chi connectivity index (χ3v) is 7.80. The zero-order valence-corrected chi connectivity index (χ0v) is 18.3. The maximum Gasteiger partial charge on any atom is 0.125 e. The number of likely N-dealkylation sites (N-methyl/N-ethyl adjacent to an activating group) is 1. The Kier molecular flexibility index (Phi) is 4.57. The second kappa shape index (κ2) is 7.46. The Hall–Kier alpha value is -2.71. The van der Waals surface area contributed by atoms with Crippen LogP contribution in [-0.4, -0.2) is 57.3 Å². The van der Waals surface area contributed by atoms with Gasteiger partial charge < -0.3 is 19.4 Å². The number of nitrogens with zero attached hydrogens (tertiary/aromatic N) is 4. The van der Waals surface area contributed by atoms with Gasteiger partial charge in [0.05, 0.1) is 29.6 Å². The van der Waals surface area contributed by atoms with E-state index in [0.29, 0.717) is 12.0 Å². The van der Waals surface area contributed by atoms with Gasteiger partial charge in [-0.15, -0.1) is 0 Å². The smallest absolute Gasteiger partial charge is 0.125 e. The predicted molar refractivity (Wildman–Crippen MR) is 123 cm³/mol. The summed E-state index contributed by atoms with van der Waals surface area (Å²) in [4.78, 5) is 7.63. The number of benzene rings is 2. The van der Waals surface area contributed by atoms with Crippen LogP contribution in [0.1, 0.15) is 41.0 Å². The van der Waals surface area contributed by atoms with E-state index in [9.17, 15) is 5.26 Å². The van der Waals surface area contributed by atoms with Crippen LogP contribution in [0.15, 0.2) is 30.3 Å². The molecule has 2 unspecified atom stereocenters. The van der Waals surface area contributed by atoms with Crippen molar-refractivity contribution < 1.29 is 4.74 Å². The number of aryl methyl sites for hydroxylation is 1. The lowest BCUT2D eigenvalue weighted by atomic mass is 9.88. The molecule has 2 aromatic rings. The zero-order valence-electron chi connectivity index (χ0n) is 18.3. The molecule has 0 aliphatic carbocycles. The van der Waals surface area contributed by atoms with Gasteiger partial charge in [-0.25, -0.2) is 0 Å². The van der Waals surface area contributed by atoms with Crippen molar-refractivity contribution in [1.29, 1.82) is 5.26 Å². The van der Waals surface area contributed by atoms with Crippen LogP contribution < -0.4 is 14.5 Å². The molecule has 5 heteroatoms. The maximum atomic E-state index is 9.60. The monoisotopic (exact) mass is 414 g/mol. The Labute approximate surface area is 184 Å². The molecule has 4 aliphatic heterocycles. The fourth-order valence-corrected chi connectivity index (χ4v) is 6.28. The molecule has 0 aromatic heterocycles. The summed E-state index contributed by atoms with van der Waals surface area (Å²) in [6.45, 7) is 6.38. The highest BCUT2D eigenvalue weighted by atomic mass is 16.5. The number of rotatable bonds is 4. The quantitative estimate of drug-likeness (QED) is 0.765. The van der Waals surface area contributed by atoms with E-state index in [1.165, 1.54) is 47.5 Å². The molecule has 1 saturated heterocycles. The van der Waals surface area contributed by atoms with Crippen LogP contribution in [0.4, 0.5) is 11.4 Å². The number of hydrogen-bond acceptors (Lipinski definition) is 5. The summed E-state index contributed by atoms with van der Waals surface area (Å²) in [5, 5.41) is 9.60. The number of likely N-dealkylation sites (tertiary alicyclic amines) is 1. The van der Waals surface area contributed by atoms with Gasteiger partial charge in [-0.3, -0.25) is 0 Å². The van der Waals surface area contributed by atoms with Gasteiger partial charge in [-0.2, -0.15) is 5.26 Å². The Morgan fingerprint density at radius 2 is 2.13 bits per heavy atom. The van der Waals surface area contributed by atoms with E-state index in [4.69, 9.17) is 4.74 Å². The highest BCUT2D eigenvalue weighted by Crippen LogP contribution is 2.51. The maximum absolute atomic E-state index is 9.60. The van der Waals surface area contributed by atoms with Gasteiger partial charge in [0.15, 0.2) is 0 Å². The summed E-state index contributed by atoms with van der Waals surface area (Å²) in [5.41, 5.74) is 7.61. The van der Waals surface area contributed by atoms with Crippen LogP contribution >= 0.6 is 0 Å². The molecule has 0 spiro atoms. The Morgan fingerprint density at radius 3 is 3.03 bits per heavy atom. The van der Waals surface area contributed by atoms with E-state index in [2.05, 4.69) is 58.1 Å². The van der Waals surface area contributed by atoms with Crippen molar-refractivity contribution in [2.75, 3.05) is 56.2 Å². The van der Waals surface area contributed by atoms with Crippen LogP contribution in [0.25, 0.3) is 0 Å². The van der Waals surface area contributed by atoms with E-state index in [-0.39, 0.29) is 0 Å². The van der Waals surface area contributed by atoms with Crippen LogP contribution in [-0.2, 0) is 12.8 Å². The van der Waals surface area contributed by atoms with E-state index < -0.39 is 0 Å². The second-order valence-corrected chi connectivity index (χ2v) is 9.53. The van der Waals surface area contributed by atoms with E-state index in [0.717, 1.165) is 56.9 Å². The molecular formula is C26H30N4O. The molecule has 4 aliphatic rings. The first-order chi connectivity index (χ1) is 15.2. The fourth-order valence-electron chi connectivity index (χ4n) is 6.28. The van der Waals surface area contributed by atoms with Gasteiger partial charge in [-0.1, -0.05) is 18.2 Å². The van der Waals surface area contributed by atoms with Crippen LogP contribution in [0.5, 0.6) is 5.75 Å². The number of ether oxygens (including phenoxy) is 1. The minimum absolute atomic E-state index is 0.520. The number of anilines is 2. The molecule has 0 radical (unpaired) electrons. The molecule has 0 bridgehead atoms. The standard InChI is InChI=1S/C26H30N4O/c1-28-11-12-30-23-7-10-29(9-3-6-19-4-2-5-20-8-13-31-26(19)20)17-22(23)21-14-18(16-27)15-24(28)25(21)30/h2,4-5,14-15,22-23H,3,6-13,17H2,1H3. The van der Waals surface area contributed by atoms with Crippen LogP contribution in [0.2, 0.25) is 0 Å². The minimum atomic E-state index is 0.520. The molecular weight excluding hydrogens is 384 g/mol. The third-order valence-electron chi connectivity index (χ3n) is 7.80. The van der Waals surface area contributed by atoms with Gasteiger partial charge in [0, 0.05) is 51.6 Å². The first kappa shape index (κ1) is 19.0. The summed E-state index contributed by atoms with van der Waals surface area (Å²) < 4.78 is 5.89. The molecule has 4 heterocycles. The highest BCUT2D eigenvalue weighted by molar-refractivity contribution is 5.82. The molecule has 0 N–H and O–H groups in total. The number of fused-ring (bicyclic) bond motifs is 4. The van der Waals surface area contributed by atoms with Crippen molar-refractivity contribution >= 4 is 11.4 Å². The number of nitriles is 1. The van der Waals surface area contributed by atoms with Crippen LogP contribution in [0.3, 0.4) is 0 Å². The minimum Gasteiger partial charge on any atom is -0.493 e. The highest BCUT2D eigenvalue weighted by Gasteiger charge is 2.44. The Balaban J connectivity index is 1.18. The fraction of sp³-hybridized carbons (Fsp3) is 0.500. The summed E-state index contributed by atoms with van der Waals surface area (Å²) in [7, 11) is 2.16. The normalized spacial score (nSPS) is 23.7. The first-order valence-corrected chi connectivity index (χ1v) is 11.7. The zero-order chi connectivity index (χ0) is 20.9. The third kappa shape index (κ3) is 3.08. The Morgan fingerprint density at radius 1 is 1.19 bits per heavy atom. The van der Waals surface area contributed by atoms with Crippen molar-refractivity contribution in [3.05, 3.63) is 52.6 Å². The van der Waals surface area contributed by atoms with Gasteiger partial charge in [0.2, 0.25) is 0 Å². The first-order valence-electron chi connectivity index (χ1n) is 11.7. The van der Waals surface area contributed by atoms with Crippen LogP contribution in [0, 0.1) is 11.3 Å². The molecule has 31 heavy (non-hydrogen) atoms. The molecule has 5 nitrogen and oxygen atoms in total. The molecule has 2 atom stereocenters. The van der Waals surface area contributed by atoms with Crippen molar-refractivity contribution in [2.45, 2.75) is 37.6 Å². The lowest BCUT2D eigenvalue weighted by molar-refractivity contribution is 0.191. The summed E-state index contributed by atoms with van der Waals surface area (Å²) in [6.07, 6.45) is 4.52. The molecule has 0 saturated carbocycles. The molecule has 1 fully saturated rings. The van der Waals surface area contributed by atoms with Gasteiger partial charge in [0.1, 0.15) is 5.75 Å². The average molecular weight is 415 g/mol. The van der Waals surface area contributed by atoms with Crippen molar-refractivity contribution in [3.63, 3.8) is 0 Å². The molecule has 2 aromatic carbocycles. The summed E-state index contributed by atoms with van der Waals surface area (Å²) >= 11 is 0. The Bertz CT molecular complexity index is 1060. The van der Waals surface area contributed by atoms with Crippen molar-refractivity contribution in [3.8, 4) is 11.8 Å². The van der Waals surface area contributed by atoms with Gasteiger partial charge in [-0.05, 0) is 54.6 Å². The van der Waals surface area contributed by atoms with E-state index in [1.54, 1.807) is 0 Å². The van der Waals surface area contributed by atoms with E-state index >= 15 is 0 Å². The van der Waals surface area contributed by atoms with Gasteiger partial charge >= 0.3 is 0 Å². The van der Waals surface area contributed by atoms with Gasteiger partial charge in [0.25, 0.3) is 0 Å². The number of para-hydroxylation sites is 1. The lowest BCUT2D eigenvalue weighted by Gasteiger charge is -2.41. The topological polar surface area (TPSA) is 42.7 Å².